The monoisotopic (exact) mass is 335 g/mol. The number of benzene rings is 1. The van der Waals surface area contributed by atoms with Crippen molar-refractivity contribution < 1.29 is 13.2 Å². The topological polar surface area (TPSA) is 28.2 Å². The van der Waals surface area contributed by atoms with E-state index in [-0.39, 0.29) is 0 Å². The standard InChI is InChI=1S/C13H13ClF3N3S/c1-20(2)11-4-3-8(13(15,16)17)5-10(11)18-6-9-7-19-12(14)21-9/h3-5,7,18H,6H2,1-2H3. The Kier molecular flexibility index (Phi) is 4.63. The van der Waals surface area contributed by atoms with Crippen LogP contribution in [0.1, 0.15) is 10.4 Å². The molecule has 1 aromatic carbocycles. The fraction of sp³-hybridized carbons (Fsp3) is 0.308. The molecule has 0 bridgehead atoms. The third-order valence-corrected chi connectivity index (χ3v) is 3.90. The highest BCUT2D eigenvalue weighted by atomic mass is 35.5. The van der Waals surface area contributed by atoms with E-state index in [9.17, 15) is 13.2 Å². The molecule has 2 aromatic rings. The van der Waals surface area contributed by atoms with Crippen LogP contribution in [0.3, 0.4) is 0 Å². The highest BCUT2D eigenvalue weighted by Crippen LogP contribution is 2.35. The number of aromatic nitrogens is 1. The van der Waals surface area contributed by atoms with Crippen LogP contribution in [0.2, 0.25) is 4.47 Å². The minimum atomic E-state index is -4.37. The van der Waals surface area contributed by atoms with Gasteiger partial charge in [-0.05, 0) is 18.2 Å². The summed E-state index contributed by atoms with van der Waals surface area (Å²) in [4.78, 5) is 6.50. The zero-order valence-corrected chi connectivity index (χ0v) is 12.9. The summed E-state index contributed by atoms with van der Waals surface area (Å²) >= 11 is 7.02. The van der Waals surface area contributed by atoms with Gasteiger partial charge in [0.15, 0.2) is 4.47 Å². The van der Waals surface area contributed by atoms with Crippen LogP contribution < -0.4 is 10.2 Å². The molecule has 1 heterocycles. The van der Waals surface area contributed by atoms with Crippen molar-refractivity contribution >= 4 is 34.3 Å². The van der Waals surface area contributed by atoms with Crippen LogP contribution in [0.25, 0.3) is 0 Å². The maximum atomic E-state index is 12.8. The second-order valence-electron chi connectivity index (χ2n) is 4.56. The van der Waals surface area contributed by atoms with E-state index in [0.29, 0.717) is 22.4 Å². The molecule has 2 rings (SSSR count). The molecule has 0 atom stereocenters. The Morgan fingerprint density at radius 2 is 2.05 bits per heavy atom. The molecule has 3 nitrogen and oxygen atoms in total. The van der Waals surface area contributed by atoms with Crippen molar-refractivity contribution in [3.63, 3.8) is 0 Å². The minimum Gasteiger partial charge on any atom is -0.378 e. The van der Waals surface area contributed by atoms with Crippen molar-refractivity contribution in [2.75, 3.05) is 24.3 Å². The first-order valence-electron chi connectivity index (χ1n) is 6.00. The fourth-order valence-electron chi connectivity index (χ4n) is 1.79. The number of rotatable bonds is 4. The largest absolute Gasteiger partial charge is 0.416 e. The van der Waals surface area contributed by atoms with Gasteiger partial charge < -0.3 is 10.2 Å². The maximum Gasteiger partial charge on any atom is 0.416 e. The number of nitrogens with zero attached hydrogens (tertiary/aromatic N) is 2. The number of halogens is 4. The van der Waals surface area contributed by atoms with Gasteiger partial charge in [-0.2, -0.15) is 13.2 Å². The molecule has 1 aromatic heterocycles. The van der Waals surface area contributed by atoms with Crippen molar-refractivity contribution in [3.05, 3.63) is 39.3 Å². The summed E-state index contributed by atoms with van der Waals surface area (Å²) in [7, 11) is 3.55. The Morgan fingerprint density at radius 1 is 1.33 bits per heavy atom. The van der Waals surface area contributed by atoms with E-state index < -0.39 is 11.7 Å². The lowest BCUT2D eigenvalue weighted by molar-refractivity contribution is -0.137. The van der Waals surface area contributed by atoms with Gasteiger partial charge in [-0.3, -0.25) is 0 Å². The van der Waals surface area contributed by atoms with E-state index in [1.54, 1.807) is 25.2 Å². The van der Waals surface area contributed by atoms with Gasteiger partial charge in [-0.1, -0.05) is 11.6 Å². The SMILES string of the molecule is CN(C)c1ccc(C(F)(F)F)cc1NCc1cnc(Cl)s1. The number of alkyl halides is 3. The average molecular weight is 336 g/mol. The molecule has 1 N–H and O–H groups in total. The van der Waals surface area contributed by atoms with Gasteiger partial charge in [0.25, 0.3) is 0 Å². The lowest BCUT2D eigenvalue weighted by Crippen LogP contribution is -2.14. The Hall–Kier alpha value is -1.47. The minimum absolute atomic E-state index is 0.368. The molecule has 21 heavy (non-hydrogen) atoms. The van der Waals surface area contributed by atoms with Gasteiger partial charge in [0.2, 0.25) is 0 Å². The molecular weight excluding hydrogens is 323 g/mol. The second kappa shape index (κ2) is 6.11. The lowest BCUT2D eigenvalue weighted by Gasteiger charge is -2.20. The molecule has 0 aliphatic heterocycles. The van der Waals surface area contributed by atoms with Crippen LogP contribution in [0.4, 0.5) is 24.5 Å². The van der Waals surface area contributed by atoms with Crippen LogP contribution in [0, 0.1) is 0 Å². The van der Waals surface area contributed by atoms with Crippen LogP contribution >= 0.6 is 22.9 Å². The van der Waals surface area contributed by atoms with Crippen molar-refractivity contribution in [2.24, 2.45) is 0 Å². The summed E-state index contributed by atoms with van der Waals surface area (Å²) in [6.45, 7) is 0.368. The molecule has 0 amide bonds. The molecule has 0 saturated carbocycles. The average Bonchev–Trinajstić information content (AvgIpc) is 2.80. The Labute approximate surface area is 129 Å². The van der Waals surface area contributed by atoms with E-state index in [0.717, 1.165) is 17.0 Å². The van der Waals surface area contributed by atoms with Crippen LogP contribution in [-0.4, -0.2) is 19.1 Å². The van der Waals surface area contributed by atoms with E-state index in [4.69, 9.17) is 11.6 Å². The Balaban J connectivity index is 2.26. The summed E-state index contributed by atoms with van der Waals surface area (Å²) in [6, 6.07) is 3.63. The molecule has 0 fully saturated rings. The zero-order valence-electron chi connectivity index (χ0n) is 11.3. The summed E-state index contributed by atoms with van der Waals surface area (Å²) < 4.78 is 38.8. The normalized spacial score (nSPS) is 11.5. The Morgan fingerprint density at radius 3 is 2.57 bits per heavy atom. The van der Waals surface area contributed by atoms with Gasteiger partial charge >= 0.3 is 6.18 Å². The van der Waals surface area contributed by atoms with Gasteiger partial charge in [-0.25, -0.2) is 4.98 Å². The van der Waals surface area contributed by atoms with Crippen LogP contribution in [0.15, 0.2) is 24.4 Å². The maximum absolute atomic E-state index is 12.8. The zero-order chi connectivity index (χ0) is 15.6. The first-order chi connectivity index (χ1) is 9.77. The summed E-state index contributed by atoms with van der Waals surface area (Å²) in [5.74, 6) is 0. The van der Waals surface area contributed by atoms with Crippen molar-refractivity contribution in [1.82, 2.24) is 4.98 Å². The highest BCUT2D eigenvalue weighted by Gasteiger charge is 2.31. The molecule has 8 heteroatoms. The molecule has 0 aliphatic rings. The quantitative estimate of drug-likeness (QED) is 0.892. The fourth-order valence-corrected chi connectivity index (χ4v) is 2.71. The first kappa shape index (κ1) is 15.9. The van der Waals surface area contributed by atoms with Gasteiger partial charge in [0, 0.05) is 25.2 Å². The predicted molar refractivity (Wildman–Crippen MR) is 80.2 cm³/mol. The molecule has 0 radical (unpaired) electrons. The predicted octanol–water partition coefficient (Wildman–Crippen LogP) is 4.49. The lowest BCUT2D eigenvalue weighted by atomic mass is 10.1. The highest BCUT2D eigenvalue weighted by molar-refractivity contribution is 7.15. The van der Waals surface area contributed by atoms with Gasteiger partial charge in [0.1, 0.15) is 0 Å². The second-order valence-corrected chi connectivity index (χ2v) is 6.25. The number of hydrogen-bond acceptors (Lipinski definition) is 4. The number of hydrogen-bond donors (Lipinski definition) is 1. The third kappa shape index (κ3) is 4.01. The number of thiazole rings is 1. The molecule has 0 saturated heterocycles. The first-order valence-corrected chi connectivity index (χ1v) is 7.19. The van der Waals surface area contributed by atoms with Crippen molar-refractivity contribution in [2.45, 2.75) is 12.7 Å². The summed E-state index contributed by atoms with van der Waals surface area (Å²) in [6.07, 6.45) is -2.77. The molecular formula is C13H13ClF3N3S. The van der Waals surface area contributed by atoms with E-state index in [2.05, 4.69) is 10.3 Å². The molecule has 0 unspecified atom stereocenters. The smallest absolute Gasteiger partial charge is 0.378 e. The van der Waals surface area contributed by atoms with Crippen molar-refractivity contribution in [3.8, 4) is 0 Å². The summed E-state index contributed by atoms with van der Waals surface area (Å²) in [5.41, 5.74) is 0.413. The van der Waals surface area contributed by atoms with E-state index in [1.165, 1.54) is 17.4 Å². The molecule has 114 valence electrons. The van der Waals surface area contributed by atoms with Gasteiger partial charge in [0.05, 0.1) is 23.5 Å². The van der Waals surface area contributed by atoms with Crippen molar-refractivity contribution in [1.29, 1.82) is 0 Å². The molecule has 0 spiro atoms. The van der Waals surface area contributed by atoms with Gasteiger partial charge in [-0.15, -0.1) is 11.3 Å². The Bertz CT molecular complexity index is 625. The molecule has 0 aliphatic carbocycles. The van der Waals surface area contributed by atoms with E-state index in [1.807, 2.05) is 0 Å². The third-order valence-electron chi connectivity index (χ3n) is 2.78. The van der Waals surface area contributed by atoms with Crippen LogP contribution in [-0.2, 0) is 12.7 Å². The number of anilines is 2. The number of nitrogens with one attached hydrogen (secondary N) is 1. The summed E-state index contributed by atoms with van der Waals surface area (Å²) in [5, 5.41) is 3.01. The van der Waals surface area contributed by atoms with E-state index >= 15 is 0 Å². The van der Waals surface area contributed by atoms with Crippen LogP contribution in [0.5, 0.6) is 0 Å².